The summed E-state index contributed by atoms with van der Waals surface area (Å²) in [7, 11) is -3.58. The average Bonchev–Trinajstić information content (AvgIpc) is 3.18. The van der Waals surface area contributed by atoms with E-state index in [-0.39, 0.29) is 11.4 Å². The highest BCUT2D eigenvalue weighted by atomic mass is 32.2. The molecule has 3 aromatic rings. The molecule has 1 heterocycles. The van der Waals surface area contributed by atoms with Crippen molar-refractivity contribution in [2.45, 2.75) is 31.3 Å². The number of benzene rings is 2. The maximum atomic E-state index is 12.5. The lowest BCUT2D eigenvalue weighted by Gasteiger charge is -2.21. The fraction of sp³-hybridized carbons (Fsp3) is 0.318. The summed E-state index contributed by atoms with van der Waals surface area (Å²) in [5, 5.41) is 14.3. The van der Waals surface area contributed by atoms with Crippen LogP contribution in [-0.4, -0.2) is 43.4 Å². The molecule has 0 aliphatic rings. The van der Waals surface area contributed by atoms with E-state index in [1.165, 1.54) is 28.6 Å². The molecule has 3 rings (SSSR count). The van der Waals surface area contributed by atoms with Crippen molar-refractivity contribution in [1.29, 1.82) is 0 Å². The van der Waals surface area contributed by atoms with Gasteiger partial charge in [-0.25, -0.2) is 8.42 Å². The fourth-order valence-corrected chi connectivity index (χ4v) is 4.64. The molecule has 1 aromatic heterocycles. The summed E-state index contributed by atoms with van der Waals surface area (Å²) in [6.45, 7) is 5.79. The Hall–Kier alpha value is -2.68. The van der Waals surface area contributed by atoms with Crippen LogP contribution < -0.4 is 5.32 Å². The second-order valence-corrected chi connectivity index (χ2v) is 9.16. The molecule has 1 amide bonds. The molecule has 160 valence electrons. The average molecular weight is 431 g/mol. The van der Waals surface area contributed by atoms with Gasteiger partial charge in [0.15, 0.2) is 0 Å². The van der Waals surface area contributed by atoms with Gasteiger partial charge in [-0.1, -0.05) is 32.0 Å². The molecule has 2 N–H and O–H groups in total. The summed E-state index contributed by atoms with van der Waals surface area (Å²) in [5.74, 6) is -0.0668. The molecule has 0 bridgehead atoms. The van der Waals surface area contributed by atoms with Gasteiger partial charge >= 0.3 is 0 Å². The Balaban J connectivity index is 1.70. The van der Waals surface area contributed by atoms with E-state index in [4.69, 9.17) is 4.42 Å². The second-order valence-electron chi connectivity index (χ2n) is 7.22. The second kappa shape index (κ2) is 8.59. The molecule has 1 atom stereocenters. The lowest BCUT2D eigenvalue weighted by atomic mass is 10.0. The molecular weight excluding hydrogens is 404 g/mol. The summed E-state index contributed by atoms with van der Waals surface area (Å²) in [6.07, 6.45) is 0. The van der Waals surface area contributed by atoms with Crippen LogP contribution in [0.15, 0.2) is 63.9 Å². The van der Waals surface area contributed by atoms with E-state index in [9.17, 15) is 18.3 Å². The maximum Gasteiger partial charge on any atom is 0.251 e. The smallest absolute Gasteiger partial charge is 0.251 e. The Morgan fingerprint density at radius 1 is 1.10 bits per heavy atom. The normalized spacial score (nSPS) is 14.0. The minimum Gasteiger partial charge on any atom is -0.458 e. The Kier molecular flexibility index (Phi) is 6.30. The first-order chi connectivity index (χ1) is 14.2. The summed E-state index contributed by atoms with van der Waals surface area (Å²) in [5.41, 5.74) is -0.446. The van der Waals surface area contributed by atoms with Gasteiger partial charge in [0.1, 0.15) is 16.9 Å². The number of amides is 1. The number of carbonyl (C=O) groups excluding carboxylic acids is 1. The standard InChI is InChI=1S/C22H26N2O5S/c1-4-24(5-2)30(27,28)18-12-10-16(11-13-18)21(25)23-15-22(3,26)20-14-17-8-6-7-9-19(17)29-20/h6-14,26H,4-5,15H2,1-3H3,(H,23,25). The van der Waals surface area contributed by atoms with Crippen LogP contribution in [0.3, 0.4) is 0 Å². The van der Waals surface area contributed by atoms with E-state index < -0.39 is 21.5 Å². The molecule has 0 radical (unpaired) electrons. The predicted octanol–water partition coefficient (Wildman–Crippen LogP) is 3.10. The number of hydrogen-bond acceptors (Lipinski definition) is 5. The van der Waals surface area contributed by atoms with Crippen LogP contribution in [0.25, 0.3) is 11.0 Å². The Labute approximate surface area is 176 Å². The summed E-state index contributed by atoms with van der Waals surface area (Å²) in [4.78, 5) is 12.6. The number of nitrogens with one attached hydrogen (secondary N) is 1. The number of rotatable bonds is 8. The van der Waals surface area contributed by atoms with Gasteiger partial charge < -0.3 is 14.8 Å². The highest BCUT2D eigenvalue weighted by Gasteiger charge is 2.28. The first-order valence-electron chi connectivity index (χ1n) is 9.79. The van der Waals surface area contributed by atoms with E-state index in [0.717, 1.165) is 5.39 Å². The summed E-state index contributed by atoms with van der Waals surface area (Å²) >= 11 is 0. The highest BCUT2D eigenvalue weighted by Crippen LogP contribution is 2.27. The molecule has 2 aromatic carbocycles. The van der Waals surface area contributed by atoms with Crippen molar-refractivity contribution < 1.29 is 22.7 Å². The van der Waals surface area contributed by atoms with Crippen molar-refractivity contribution >= 4 is 26.9 Å². The molecule has 0 spiro atoms. The molecule has 0 aliphatic heterocycles. The minimum absolute atomic E-state index is 0.0643. The van der Waals surface area contributed by atoms with Crippen LogP contribution in [0.4, 0.5) is 0 Å². The van der Waals surface area contributed by atoms with E-state index in [1.54, 1.807) is 32.9 Å². The molecule has 8 heteroatoms. The molecule has 0 saturated carbocycles. The van der Waals surface area contributed by atoms with Gasteiger partial charge in [0.25, 0.3) is 5.91 Å². The molecule has 7 nitrogen and oxygen atoms in total. The van der Waals surface area contributed by atoms with Crippen molar-refractivity contribution in [3.8, 4) is 0 Å². The van der Waals surface area contributed by atoms with Crippen LogP contribution in [0.5, 0.6) is 0 Å². The van der Waals surface area contributed by atoms with Crippen LogP contribution in [0.1, 0.15) is 36.9 Å². The number of sulfonamides is 1. The molecular formula is C22H26N2O5S. The van der Waals surface area contributed by atoms with Gasteiger partial charge in [0.05, 0.1) is 11.4 Å². The monoisotopic (exact) mass is 430 g/mol. The van der Waals surface area contributed by atoms with Crippen molar-refractivity contribution in [2.75, 3.05) is 19.6 Å². The Morgan fingerprint density at radius 2 is 1.73 bits per heavy atom. The number of hydrogen-bond donors (Lipinski definition) is 2. The number of para-hydroxylation sites is 1. The van der Waals surface area contributed by atoms with Crippen molar-refractivity contribution in [3.05, 3.63) is 65.9 Å². The Bertz CT molecular complexity index is 1100. The van der Waals surface area contributed by atoms with Gasteiger partial charge in [-0.3, -0.25) is 4.79 Å². The lowest BCUT2D eigenvalue weighted by Crippen LogP contribution is -2.38. The van der Waals surface area contributed by atoms with E-state index >= 15 is 0 Å². The molecule has 0 saturated heterocycles. The van der Waals surface area contributed by atoms with Gasteiger partial charge in [0.2, 0.25) is 10.0 Å². The zero-order valence-corrected chi connectivity index (χ0v) is 18.1. The molecule has 0 fully saturated rings. The van der Waals surface area contributed by atoms with Gasteiger partial charge in [-0.2, -0.15) is 4.31 Å². The van der Waals surface area contributed by atoms with Crippen molar-refractivity contribution in [1.82, 2.24) is 9.62 Å². The molecule has 30 heavy (non-hydrogen) atoms. The van der Waals surface area contributed by atoms with Gasteiger partial charge in [-0.15, -0.1) is 0 Å². The highest BCUT2D eigenvalue weighted by molar-refractivity contribution is 7.89. The quantitative estimate of drug-likeness (QED) is 0.572. The zero-order valence-electron chi connectivity index (χ0n) is 17.3. The molecule has 1 unspecified atom stereocenters. The first kappa shape index (κ1) is 22.0. The van der Waals surface area contributed by atoms with Crippen LogP contribution in [0.2, 0.25) is 0 Å². The third kappa shape index (κ3) is 4.40. The minimum atomic E-state index is -3.58. The number of furan rings is 1. The topological polar surface area (TPSA) is 99.9 Å². The Morgan fingerprint density at radius 3 is 2.33 bits per heavy atom. The summed E-state index contributed by atoms with van der Waals surface area (Å²) < 4.78 is 32.1. The number of aliphatic hydroxyl groups is 1. The van der Waals surface area contributed by atoms with Crippen LogP contribution in [-0.2, 0) is 15.6 Å². The van der Waals surface area contributed by atoms with E-state index in [0.29, 0.717) is 30.0 Å². The van der Waals surface area contributed by atoms with Crippen molar-refractivity contribution in [3.63, 3.8) is 0 Å². The number of nitrogens with zero attached hydrogens (tertiary/aromatic N) is 1. The molecule has 0 aliphatic carbocycles. The van der Waals surface area contributed by atoms with Crippen LogP contribution in [0, 0.1) is 0 Å². The van der Waals surface area contributed by atoms with Crippen LogP contribution >= 0.6 is 0 Å². The zero-order chi connectivity index (χ0) is 21.9. The van der Waals surface area contributed by atoms with E-state index in [2.05, 4.69) is 5.32 Å². The largest absolute Gasteiger partial charge is 0.458 e. The van der Waals surface area contributed by atoms with Gasteiger partial charge in [-0.05, 0) is 43.3 Å². The van der Waals surface area contributed by atoms with E-state index in [1.807, 2.05) is 18.2 Å². The predicted molar refractivity (Wildman–Crippen MR) is 115 cm³/mol. The SMILES string of the molecule is CCN(CC)S(=O)(=O)c1ccc(C(=O)NCC(C)(O)c2cc3ccccc3o2)cc1. The third-order valence-corrected chi connectivity index (χ3v) is 7.07. The maximum absolute atomic E-state index is 12.5. The fourth-order valence-electron chi connectivity index (χ4n) is 3.18. The summed E-state index contributed by atoms with van der Waals surface area (Å²) in [6, 6.07) is 14.9. The van der Waals surface area contributed by atoms with Crippen molar-refractivity contribution in [2.24, 2.45) is 0 Å². The van der Waals surface area contributed by atoms with Gasteiger partial charge in [0, 0.05) is 24.0 Å². The lowest BCUT2D eigenvalue weighted by molar-refractivity contribution is 0.0344. The number of carbonyl (C=O) groups is 1. The number of fused-ring (bicyclic) bond motifs is 1. The first-order valence-corrected chi connectivity index (χ1v) is 11.2. The third-order valence-electron chi connectivity index (χ3n) is 5.01.